The van der Waals surface area contributed by atoms with Crippen LogP contribution in [-0.2, 0) is 14.3 Å². The summed E-state index contributed by atoms with van der Waals surface area (Å²) >= 11 is 0. The van der Waals surface area contributed by atoms with Crippen molar-refractivity contribution in [1.82, 2.24) is 9.80 Å². The molecule has 5 nitrogen and oxygen atoms in total. The molecule has 0 N–H and O–H groups in total. The maximum absolute atomic E-state index is 12.8. The molecular formula is C19H34N2O3. The largest absolute Gasteiger partial charge is 0.377 e. The number of hydrogen-bond donors (Lipinski definition) is 0. The Morgan fingerprint density at radius 3 is 2.58 bits per heavy atom. The Hall–Kier alpha value is -0.650. The number of nitrogens with zero attached hydrogens (tertiary/aromatic N) is 2. The fourth-order valence-corrected chi connectivity index (χ4v) is 4.19. The summed E-state index contributed by atoms with van der Waals surface area (Å²) in [5.41, 5.74) is 0. The van der Waals surface area contributed by atoms with E-state index in [1.165, 1.54) is 32.1 Å². The molecule has 0 aliphatic carbocycles. The van der Waals surface area contributed by atoms with Crippen LogP contribution in [0.2, 0.25) is 0 Å². The zero-order valence-electron chi connectivity index (χ0n) is 15.1. The van der Waals surface area contributed by atoms with E-state index < -0.39 is 0 Å². The molecule has 0 aromatic heterocycles. The van der Waals surface area contributed by atoms with Gasteiger partial charge in [0.2, 0.25) is 5.91 Å². The molecule has 138 valence electrons. The maximum atomic E-state index is 12.8. The van der Waals surface area contributed by atoms with Gasteiger partial charge < -0.3 is 19.3 Å². The van der Waals surface area contributed by atoms with E-state index in [9.17, 15) is 4.79 Å². The van der Waals surface area contributed by atoms with Crippen LogP contribution in [0.25, 0.3) is 0 Å². The van der Waals surface area contributed by atoms with Crippen LogP contribution in [0.15, 0.2) is 0 Å². The van der Waals surface area contributed by atoms with E-state index in [1.807, 2.05) is 0 Å². The number of hydrogen-bond acceptors (Lipinski definition) is 4. The molecular weight excluding hydrogens is 304 g/mol. The summed E-state index contributed by atoms with van der Waals surface area (Å²) in [5.74, 6) is 0.608. The molecule has 0 aromatic rings. The molecule has 3 aliphatic heterocycles. The van der Waals surface area contributed by atoms with Crippen LogP contribution in [0.4, 0.5) is 0 Å². The molecule has 24 heavy (non-hydrogen) atoms. The minimum atomic E-state index is 0.204. The normalized spacial score (nSPS) is 29.6. The number of ether oxygens (including phenoxy) is 2. The van der Waals surface area contributed by atoms with Crippen LogP contribution in [-0.4, -0.2) is 74.4 Å². The first-order valence-corrected chi connectivity index (χ1v) is 10.0. The van der Waals surface area contributed by atoms with Crippen molar-refractivity contribution in [3.8, 4) is 0 Å². The van der Waals surface area contributed by atoms with Gasteiger partial charge in [0.1, 0.15) is 0 Å². The van der Waals surface area contributed by atoms with Crippen LogP contribution in [0, 0.1) is 5.92 Å². The fraction of sp³-hybridized carbons (Fsp3) is 0.947. The van der Waals surface area contributed by atoms with Crippen LogP contribution in [0.5, 0.6) is 0 Å². The minimum absolute atomic E-state index is 0.204. The molecule has 0 saturated carbocycles. The predicted octanol–water partition coefficient (Wildman–Crippen LogP) is 2.30. The second-order valence-corrected chi connectivity index (χ2v) is 7.59. The minimum Gasteiger partial charge on any atom is -0.377 e. The fourth-order valence-electron chi connectivity index (χ4n) is 4.19. The van der Waals surface area contributed by atoms with Gasteiger partial charge in [0.15, 0.2) is 0 Å². The quantitative estimate of drug-likeness (QED) is 0.697. The van der Waals surface area contributed by atoms with Crippen molar-refractivity contribution in [3.63, 3.8) is 0 Å². The summed E-state index contributed by atoms with van der Waals surface area (Å²) in [6, 6.07) is 0. The summed E-state index contributed by atoms with van der Waals surface area (Å²) < 4.78 is 11.4. The second kappa shape index (κ2) is 9.73. The standard InChI is InChI=1S/C19H34N2O3/c22-19(21-10-3-1-2-4-11-21)17-7-5-9-20(15-17)12-14-23-16-18-8-6-13-24-18/h17-18H,1-16H2/t17-,18-/m1/s1. The molecule has 0 bridgehead atoms. The van der Waals surface area contributed by atoms with Crippen molar-refractivity contribution in [2.45, 2.75) is 57.5 Å². The van der Waals surface area contributed by atoms with Gasteiger partial charge in [-0.15, -0.1) is 0 Å². The Labute approximate surface area is 146 Å². The van der Waals surface area contributed by atoms with E-state index in [1.54, 1.807) is 0 Å². The van der Waals surface area contributed by atoms with Gasteiger partial charge in [-0.2, -0.15) is 0 Å². The first kappa shape index (κ1) is 18.2. The van der Waals surface area contributed by atoms with Gasteiger partial charge >= 0.3 is 0 Å². The van der Waals surface area contributed by atoms with Gasteiger partial charge in [0.25, 0.3) is 0 Å². The Kier molecular flexibility index (Phi) is 7.36. The number of carbonyl (C=O) groups excluding carboxylic acids is 1. The monoisotopic (exact) mass is 338 g/mol. The summed E-state index contributed by atoms with van der Waals surface area (Å²) in [5, 5.41) is 0. The average Bonchev–Trinajstić information content (AvgIpc) is 2.98. The molecule has 0 aromatic carbocycles. The van der Waals surface area contributed by atoms with Gasteiger partial charge in [-0.1, -0.05) is 12.8 Å². The second-order valence-electron chi connectivity index (χ2n) is 7.59. The molecule has 3 fully saturated rings. The number of carbonyl (C=O) groups is 1. The predicted molar refractivity (Wildman–Crippen MR) is 94.0 cm³/mol. The molecule has 3 heterocycles. The van der Waals surface area contributed by atoms with Crippen LogP contribution in [0.3, 0.4) is 0 Å². The molecule has 3 saturated heterocycles. The zero-order valence-corrected chi connectivity index (χ0v) is 15.1. The highest BCUT2D eigenvalue weighted by Crippen LogP contribution is 2.21. The van der Waals surface area contributed by atoms with Crippen LogP contribution < -0.4 is 0 Å². The third kappa shape index (κ3) is 5.43. The van der Waals surface area contributed by atoms with Gasteiger partial charge in [0.05, 0.1) is 25.2 Å². The van der Waals surface area contributed by atoms with Crippen molar-refractivity contribution >= 4 is 5.91 Å². The van der Waals surface area contributed by atoms with Gasteiger partial charge in [-0.3, -0.25) is 4.79 Å². The number of piperidine rings is 1. The van der Waals surface area contributed by atoms with E-state index in [2.05, 4.69) is 9.80 Å². The van der Waals surface area contributed by atoms with Gasteiger partial charge in [-0.25, -0.2) is 0 Å². The molecule has 2 atom stereocenters. The lowest BCUT2D eigenvalue weighted by Crippen LogP contribution is -2.46. The third-order valence-corrected chi connectivity index (χ3v) is 5.65. The average molecular weight is 338 g/mol. The van der Waals surface area contributed by atoms with Crippen molar-refractivity contribution < 1.29 is 14.3 Å². The van der Waals surface area contributed by atoms with E-state index in [0.29, 0.717) is 12.0 Å². The summed E-state index contributed by atoms with van der Waals surface area (Å²) in [7, 11) is 0. The highest BCUT2D eigenvalue weighted by Gasteiger charge is 2.29. The Balaban J connectivity index is 1.36. The molecule has 3 rings (SSSR count). The van der Waals surface area contributed by atoms with Crippen LogP contribution in [0.1, 0.15) is 51.4 Å². The zero-order chi connectivity index (χ0) is 16.6. The molecule has 0 radical (unpaired) electrons. The molecule has 3 aliphatic rings. The van der Waals surface area contributed by atoms with E-state index >= 15 is 0 Å². The first-order valence-electron chi connectivity index (χ1n) is 10.0. The number of rotatable bonds is 6. The van der Waals surface area contributed by atoms with Gasteiger partial charge in [0, 0.05) is 32.8 Å². The van der Waals surface area contributed by atoms with E-state index in [4.69, 9.17) is 9.47 Å². The molecule has 1 amide bonds. The summed E-state index contributed by atoms with van der Waals surface area (Å²) in [6.07, 6.45) is 9.72. The molecule has 0 unspecified atom stereocenters. The lowest BCUT2D eigenvalue weighted by molar-refractivity contribution is -0.137. The van der Waals surface area contributed by atoms with E-state index in [-0.39, 0.29) is 5.92 Å². The Morgan fingerprint density at radius 1 is 1.00 bits per heavy atom. The van der Waals surface area contributed by atoms with E-state index in [0.717, 1.165) is 71.8 Å². The maximum Gasteiger partial charge on any atom is 0.226 e. The third-order valence-electron chi connectivity index (χ3n) is 5.65. The lowest BCUT2D eigenvalue weighted by Gasteiger charge is -2.34. The topological polar surface area (TPSA) is 42.0 Å². The first-order chi connectivity index (χ1) is 11.8. The highest BCUT2D eigenvalue weighted by molar-refractivity contribution is 5.79. The van der Waals surface area contributed by atoms with Crippen molar-refractivity contribution in [1.29, 1.82) is 0 Å². The van der Waals surface area contributed by atoms with Crippen LogP contribution >= 0.6 is 0 Å². The number of likely N-dealkylation sites (tertiary alicyclic amines) is 2. The van der Waals surface area contributed by atoms with Crippen molar-refractivity contribution in [3.05, 3.63) is 0 Å². The molecule has 5 heteroatoms. The highest BCUT2D eigenvalue weighted by atomic mass is 16.5. The SMILES string of the molecule is O=C([C@@H]1CCCN(CCOC[C@H]2CCCO2)C1)N1CCCCCC1. The lowest BCUT2D eigenvalue weighted by atomic mass is 9.96. The van der Waals surface area contributed by atoms with Gasteiger partial charge in [-0.05, 0) is 45.1 Å². The summed E-state index contributed by atoms with van der Waals surface area (Å²) in [6.45, 7) is 7.27. The molecule has 0 spiro atoms. The van der Waals surface area contributed by atoms with Crippen molar-refractivity contribution in [2.24, 2.45) is 5.92 Å². The van der Waals surface area contributed by atoms with Crippen molar-refractivity contribution in [2.75, 3.05) is 52.5 Å². The Bertz CT molecular complexity index is 377. The summed E-state index contributed by atoms with van der Waals surface area (Å²) in [4.78, 5) is 17.4. The Morgan fingerprint density at radius 2 is 1.83 bits per heavy atom. The smallest absolute Gasteiger partial charge is 0.226 e. The number of amides is 1.